The number of carbonyl (C=O) groups is 2. The van der Waals surface area contributed by atoms with Gasteiger partial charge in [0.25, 0.3) is 5.91 Å². The Balaban J connectivity index is 1.62. The van der Waals surface area contributed by atoms with Crippen molar-refractivity contribution in [3.63, 3.8) is 0 Å². The molecule has 0 bridgehead atoms. The minimum atomic E-state index is -0.944. The van der Waals surface area contributed by atoms with E-state index in [0.29, 0.717) is 30.2 Å². The minimum Gasteiger partial charge on any atom is -0.465 e. The van der Waals surface area contributed by atoms with Crippen molar-refractivity contribution >= 4 is 34.5 Å². The van der Waals surface area contributed by atoms with E-state index in [2.05, 4.69) is 6.92 Å². The van der Waals surface area contributed by atoms with E-state index in [4.69, 9.17) is 16.6 Å². The summed E-state index contributed by atoms with van der Waals surface area (Å²) in [4.78, 5) is 32.0. The van der Waals surface area contributed by atoms with Gasteiger partial charge in [0.05, 0.1) is 10.5 Å². The number of carbonyl (C=O) groups excluding carboxylic acids is 1. The number of piperazine rings is 1. The summed E-state index contributed by atoms with van der Waals surface area (Å²) in [6, 6.07) is 7.12. The zero-order valence-corrected chi connectivity index (χ0v) is 16.2. The van der Waals surface area contributed by atoms with Crippen molar-refractivity contribution < 1.29 is 14.7 Å². The minimum absolute atomic E-state index is 0.0977. The second-order valence-electron chi connectivity index (χ2n) is 7.86. The summed E-state index contributed by atoms with van der Waals surface area (Å²) < 4.78 is 0. The van der Waals surface area contributed by atoms with Gasteiger partial charge in [0, 0.05) is 47.7 Å². The maximum Gasteiger partial charge on any atom is 0.407 e. The Morgan fingerprint density at radius 3 is 2.63 bits per heavy atom. The molecule has 1 aromatic carbocycles. The summed E-state index contributed by atoms with van der Waals surface area (Å²) in [6.07, 6.45) is 1.26. The number of fused-ring (bicyclic) bond motifs is 1. The molecule has 27 heavy (non-hydrogen) atoms. The summed E-state index contributed by atoms with van der Waals surface area (Å²) in [6.45, 7) is 5.09. The van der Waals surface area contributed by atoms with E-state index in [1.165, 1.54) is 4.90 Å². The number of benzene rings is 1. The number of hydrogen-bond acceptors (Lipinski definition) is 3. The van der Waals surface area contributed by atoms with Crippen molar-refractivity contribution in [1.29, 1.82) is 0 Å². The molecule has 2 fully saturated rings. The third kappa shape index (κ3) is 3.23. The fourth-order valence-electron chi connectivity index (χ4n) is 3.68. The molecular formula is C20H22ClN3O3. The first-order valence-electron chi connectivity index (χ1n) is 9.18. The number of halogens is 1. The van der Waals surface area contributed by atoms with Gasteiger partial charge in [-0.15, -0.1) is 0 Å². The molecule has 4 rings (SSSR count). The molecule has 7 heteroatoms. The van der Waals surface area contributed by atoms with E-state index in [9.17, 15) is 14.7 Å². The van der Waals surface area contributed by atoms with Gasteiger partial charge in [-0.1, -0.05) is 24.6 Å². The quantitative estimate of drug-likeness (QED) is 0.851. The number of aromatic nitrogens is 1. The Labute approximate surface area is 162 Å². The molecule has 1 atom stereocenters. The molecule has 1 aromatic heterocycles. The van der Waals surface area contributed by atoms with Crippen molar-refractivity contribution in [1.82, 2.24) is 14.8 Å². The van der Waals surface area contributed by atoms with E-state index in [-0.39, 0.29) is 17.4 Å². The lowest BCUT2D eigenvalue weighted by molar-refractivity contribution is 0.0507. The number of nitrogens with zero attached hydrogens (tertiary/aromatic N) is 3. The molecule has 1 saturated heterocycles. The van der Waals surface area contributed by atoms with Crippen LogP contribution in [0, 0.1) is 0 Å². The SMILES string of the molecule is CC1CN(C(=O)c2ccc3c(Cl)cc(C4(C)CC4)nc3c2)CCN1C(=O)O. The molecule has 1 unspecified atom stereocenters. The second kappa shape index (κ2) is 6.37. The molecule has 2 aromatic rings. The van der Waals surface area contributed by atoms with Crippen LogP contribution < -0.4 is 0 Å². The van der Waals surface area contributed by atoms with Crippen LogP contribution in [0.15, 0.2) is 24.3 Å². The molecule has 0 radical (unpaired) electrons. The van der Waals surface area contributed by atoms with Crippen LogP contribution in [0.25, 0.3) is 10.9 Å². The molecule has 1 saturated carbocycles. The third-order valence-electron chi connectivity index (χ3n) is 5.79. The predicted molar refractivity (Wildman–Crippen MR) is 103 cm³/mol. The smallest absolute Gasteiger partial charge is 0.407 e. The molecule has 1 N–H and O–H groups in total. The Bertz CT molecular complexity index is 941. The Kier molecular flexibility index (Phi) is 4.26. The number of amides is 2. The van der Waals surface area contributed by atoms with Crippen molar-refractivity contribution in [2.75, 3.05) is 19.6 Å². The number of hydrogen-bond donors (Lipinski definition) is 1. The van der Waals surface area contributed by atoms with Gasteiger partial charge in [0.15, 0.2) is 0 Å². The zero-order chi connectivity index (χ0) is 19.3. The van der Waals surface area contributed by atoms with Gasteiger partial charge in [-0.3, -0.25) is 9.78 Å². The maximum absolute atomic E-state index is 12.9. The Morgan fingerprint density at radius 1 is 1.26 bits per heavy atom. The van der Waals surface area contributed by atoms with Crippen LogP contribution in [0.5, 0.6) is 0 Å². The van der Waals surface area contributed by atoms with E-state index < -0.39 is 6.09 Å². The third-order valence-corrected chi connectivity index (χ3v) is 6.10. The van der Waals surface area contributed by atoms with E-state index in [1.54, 1.807) is 17.0 Å². The van der Waals surface area contributed by atoms with Gasteiger partial charge in [-0.25, -0.2) is 4.79 Å². The van der Waals surface area contributed by atoms with Gasteiger partial charge in [0.2, 0.25) is 0 Å². The highest BCUT2D eigenvalue weighted by Crippen LogP contribution is 2.47. The van der Waals surface area contributed by atoms with Gasteiger partial charge in [0.1, 0.15) is 0 Å². The number of pyridine rings is 1. The normalized spacial score (nSPS) is 21.4. The molecule has 2 heterocycles. The van der Waals surface area contributed by atoms with Crippen LogP contribution in [0.3, 0.4) is 0 Å². The molecule has 2 amide bonds. The zero-order valence-electron chi connectivity index (χ0n) is 15.4. The fraction of sp³-hybridized carbons (Fsp3) is 0.450. The van der Waals surface area contributed by atoms with Gasteiger partial charge >= 0.3 is 6.09 Å². The fourth-order valence-corrected chi connectivity index (χ4v) is 3.94. The molecule has 142 valence electrons. The van der Waals surface area contributed by atoms with E-state index in [0.717, 1.165) is 29.4 Å². The summed E-state index contributed by atoms with van der Waals surface area (Å²) in [5, 5.41) is 10.7. The molecule has 6 nitrogen and oxygen atoms in total. The lowest BCUT2D eigenvalue weighted by atomic mass is 10.0. The van der Waals surface area contributed by atoms with Crippen LogP contribution in [0.1, 0.15) is 42.7 Å². The largest absolute Gasteiger partial charge is 0.465 e. The molecular weight excluding hydrogens is 366 g/mol. The van der Waals surface area contributed by atoms with Crippen LogP contribution >= 0.6 is 11.6 Å². The van der Waals surface area contributed by atoms with Crippen molar-refractivity contribution in [2.45, 2.75) is 38.1 Å². The molecule has 2 aliphatic rings. The van der Waals surface area contributed by atoms with Crippen LogP contribution in [0.2, 0.25) is 5.02 Å². The van der Waals surface area contributed by atoms with Gasteiger partial charge < -0.3 is 14.9 Å². The lowest BCUT2D eigenvalue weighted by Crippen LogP contribution is -2.55. The second-order valence-corrected chi connectivity index (χ2v) is 8.27. The van der Waals surface area contributed by atoms with Gasteiger partial charge in [-0.2, -0.15) is 0 Å². The first-order chi connectivity index (χ1) is 12.8. The molecule has 1 aliphatic heterocycles. The highest BCUT2D eigenvalue weighted by Gasteiger charge is 2.40. The summed E-state index contributed by atoms with van der Waals surface area (Å²) in [5.41, 5.74) is 2.36. The van der Waals surface area contributed by atoms with Crippen LogP contribution in [-0.2, 0) is 5.41 Å². The predicted octanol–water partition coefficient (Wildman–Crippen LogP) is 3.76. The summed E-state index contributed by atoms with van der Waals surface area (Å²) >= 11 is 6.44. The maximum atomic E-state index is 12.9. The first kappa shape index (κ1) is 18.0. The van der Waals surface area contributed by atoms with Crippen molar-refractivity contribution in [3.05, 3.63) is 40.5 Å². The summed E-state index contributed by atoms with van der Waals surface area (Å²) in [5.74, 6) is -0.102. The van der Waals surface area contributed by atoms with Crippen LogP contribution in [0.4, 0.5) is 4.79 Å². The van der Waals surface area contributed by atoms with Crippen molar-refractivity contribution in [2.24, 2.45) is 0 Å². The average molecular weight is 388 g/mol. The Hall–Kier alpha value is -2.34. The van der Waals surface area contributed by atoms with Crippen LogP contribution in [-0.4, -0.2) is 57.6 Å². The van der Waals surface area contributed by atoms with E-state index in [1.807, 2.05) is 19.1 Å². The van der Waals surface area contributed by atoms with Gasteiger partial charge in [-0.05, 0) is 38.0 Å². The Morgan fingerprint density at radius 2 is 2.00 bits per heavy atom. The lowest BCUT2D eigenvalue weighted by Gasteiger charge is -2.38. The van der Waals surface area contributed by atoms with Crippen molar-refractivity contribution in [3.8, 4) is 0 Å². The standard InChI is InChI=1S/C20H22ClN3O3/c1-12-11-23(7-8-24(12)19(26)27)18(25)13-3-4-14-15(21)10-17(20(2)5-6-20)22-16(14)9-13/h3-4,9-10,12H,5-8,11H2,1-2H3,(H,26,27). The highest BCUT2D eigenvalue weighted by atomic mass is 35.5. The topological polar surface area (TPSA) is 73.7 Å². The number of rotatable bonds is 2. The molecule has 0 spiro atoms. The summed E-state index contributed by atoms with van der Waals surface area (Å²) in [7, 11) is 0. The average Bonchev–Trinajstić information content (AvgIpc) is 3.39. The first-order valence-corrected chi connectivity index (χ1v) is 9.56. The van der Waals surface area contributed by atoms with E-state index >= 15 is 0 Å². The highest BCUT2D eigenvalue weighted by molar-refractivity contribution is 6.35. The molecule has 1 aliphatic carbocycles. The monoisotopic (exact) mass is 387 g/mol. The number of carboxylic acid groups (broad SMARTS) is 1.